The van der Waals surface area contributed by atoms with Crippen LogP contribution in [0.4, 0.5) is 4.39 Å². The highest BCUT2D eigenvalue weighted by molar-refractivity contribution is 9.09. The molecule has 1 rings (SSSR count). The van der Waals surface area contributed by atoms with Crippen LogP contribution in [0.25, 0.3) is 0 Å². The molecule has 0 aliphatic carbocycles. The first-order chi connectivity index (χ1) is 7.74. The fourth-order valence-corrected chi connectivity index (χ4v) is 1.60. The molecule has 1 aromatic heterocycles. The van der Waals surface area contributed by atoms with Gasteiger partial charge in [-0.1, -0.05) is 22.4 Å². The Kier molecular flexibility index (Phi) is 6.00. The van der Waals surface area contributed by atoms with Crippen LogP contribution in [0.1, 0.15) is 29.8 Å². The van der Waals surface area contributed by atoms with Crippen LogP contribution in [-0.4, -0.2) is 22.8 Å². The van der Waals surface area contributed by atoms with E-state index in [9.17, 15) is 9.18 Å². The Morgan fingerprint density at radius 1 is 1.38 bits per heavy atom. The number of rotatable bonds is 6. The SMILES string of the molecule is O=C(NCCCCCBr)c1ccc(F)cn1. The zero-order valence-corrected chi connectivity index (χ0v) is 10.5. The summed E-state index contributed by atoms with van der Waals surface area (Å²) in [6.07, 6.45) is 4.16. The minimum absolute atomic E-state index is 0.251. The number of hydrogen-bond acceptors (Lipinski definition) is 2. The third-order valence-corrected chi connectivity index (χ3v) is 2.62. The number of nitrogens with zero attached hydrogens (tertiary/aromatic N) is 1. The third-order valence-electron chi connectivity index (χ3n) is 2.06. The Hall–Kier alpha value is -0.970. The zero-order chi connectivity index (χ0) is 11.8. The number of aromatic nitrogens is 1. The molecule has 0 unspecified atom stereocenters. The standard InChI is InChI=1S/C11H14BrFN2O/c12-6-2-1-3-7-14-11(16)10-5-4-9(13)8-15-10/h4-5,8H,1-3,6-7H2,(H,14,16). The number of amides is 1. The molecule has 1 heterocycles. The summed E-state index contributed by atoms with van der Waals surface area (Å²) < 4.78 is 12.5. The van der Waals surface area contributed by atoms with E-state index in [1.54, 1.807) is 0 Å². The van der Waals surface area contributed by atoms with E-state index in [0.717, 1.165) is 30.8 Å². The van der Waals surface area contributed by atoms with Gasteiger partial charge in [0.05, 0.1) is 6.20 Å². The maximum absolute atomic E-state index is 12.5. The van der Waals surface area contributed by atoms with Gasteiger partial charge in [-0.25, -0.2) is 9.37 Å². The predicted octanol–water partition coefficient (Wildman–Crippen LogP) is 2.52. The van der Waals surface area contributed by atoms with Crippen molar-refractivity contribution in [3.8, 4) is 0 Å². The first kappa shape index (κ1) is 13.1. The molecule has 0 bridgehead atoms. The quantitative estimate of drug-likeness (QED) is 0.646. The average molecular weight is 289 g/mol. The van der Waals surface area contributed by atoms with Gasteiger partial charge in [0.25, 0.3) is 5.91 Å². The lowest BCUT2D eigenvalue weighted by atomic mass is 10.2. The first-order valence-electron chi connectivity index (χ1n) is 5.20. The molecule has 1 amide bonds. The lowest BCUT2D eigenvalue weighted by molar-refractivity contribution is 0.0948. The molecule has 0 aliphatic heterocycles. The van der Waals surface area contributed by atoms with Gasteiger partial charge >= 0.3 is 0 Å². The van der Waals surface area contributed by atoms with Gasteiger partial charge in [0.1, 0.15) is 11.5 Å². The number of hydrogen-bond donors (Lipinski definition) is 1. The van der Waals surface area contributed by atoms with Crippen LogP contribution in [0.2, 0.25) is 0 Å². The van der Waals surface area contributed by atoms with Gasteiger partial charge in [0.2, 0.25) is 0 Å². The zero-order valence-electron chi connectivity index (χ0n) is 8.88. The van der Waals surface area contributed by atoms with Gasteiger partial charge in [-0.05, 0) is 25.0 Å². The number of alkyl halides is 1. The Balaban J connectivity index is 2.27. The number of nitrogens with one attached hydrogen (secondary N) is 1. The number of pyridine rings is 1. The van der Waals surface area contributed by atoms with Crippen molar-refractivity contribution >= 4 is 21.8 Å². The molecule has 1 aromatic rings. The van der Waals surface area contributed by atoms with Crippen molar-refractivity contribution < 1.29 is 9.18 Å². The lowest BCUT2D eigenvalue weighted by Crippen LogP contribution is -2.25. The van der Waals surface area contributed by atoms with Crippen LogP contribution >= 0.6 is 15.9 Å². The van der Waals surface area contributed by atoms with Crippen molar-refractivity contribution in [1.29, 1.82) is 0 Å². The maximum atomic E-state index is 12.5. The monoisotopic (exact) mass is 288 g/mol. The van der Waals surface area contributed by atoms with Crippen molar-refractivity contribution in [1.82, 2.24) is 10.3 Å². The Morgan fingerprint density at radius 2 is 2.19 bits per heavy atom. The molecule has 0 saturated carbocycles. The topological polar surface area (TPSA) is 42.0 Å². The lowest BCUT2D eigenvalue weighted by Gasteiger charge is -2.03. The van der Waals surface area contributed by atoms with Gasteiger partial charge in [0, 0.05) is 11.9 Å². The van der Waals surface area contributed by atoms with Crippen molar-refractivity contribution in [3.63, 3.8) is 0 Å². The fourth-order valence-electron chi connectivity index (χ4n) is 1.20. The number of halogens is 2. The van der Waals surface area contributed by atoms with Crippen molar-refractivity contribution in [2.45, 2.75) is 19.3 Å². The molecule has 88 valence electrons. The second-order valence-electron chi connectivity index (χ2n) is 3.37. The van der Waals surface area contributed by atoms with Crippen molar-refractivity contribution in [2.24, 2.45) is 0 Å². The smallest absolute Gasteiger partial charge is 0.269 e. The highest BCUT2D eigenvalue weighted by Gasteiger charge is 2.05. The van der Waals surface area contributed by atoms with Crippen molar-refractivity contribution in [3.05, 3.63) is 29.8 Å². The molecule has 5 heteroatoms. The molecule has 0 aliphatic rings. The Morgan fingerprint density at radius 3 is 2.81 bits per heavy atom. The Bertz CT molecular complexity index is 329. The third kappa shape index (κ3) is 4.70. The summed E-state index contributed by atoms with van der Waals surface area (Å²) in [6.45, 7) is 0.630. The van der Waals surface area contributed by atoms with E-state index in [2.05, 4.69) is 26.2 Å². The molecule has 3 nitrogen and oxygen atoms in total. The summed E-state index contributed by atoms with van der Waals surface area (Å²) in [5, 5.41) is 3.72. The van der Waals surface area contributed by atoms with E-state index in [0.29, 0.717) is 6.54 Å². The van der Waals surface area contributed by atoms with Crippen LogP contribution in [-0.2, 0) is 0 Å². The highest BCUT2D eigenvalue weighted by Crippen LogP contribution is 1.99. The van der Waals surface area contributed by atoms with Gasteiger partial charge in [-0.3, -0.25) is 4.79 Å². The summed E-state index contributed by atoms with van der Waals surface area (Å²) in [7, 11) is 0. The van der Waals surface area contributed by atoms with E-state index in [1.165, 1.54) is 12.1 Å². The van der Waals surface area contributed by atoms with Gasteiger partial charge in [-0.15, -0.1) is 0 Å². The van der Waals surface area contributed by atoms with Crippen LogP contribution < -0.4 is 5.32 Å². The first-order valence-corrected chi connectivity index (χ1v) is 6.32. The minimum atomic E-state index is -0.436. The van der Waals surface area contributed by atoms with E-state index in [1.807, 2.05) is 0 Å². The normalized spacial score (nSPS) is 10.1. The second-order valence-corrected chi connectivity index (χ2v) is 4.16. The molecular weight excluding hydrogens is 275 g/mol. The summed E-state index contributed by atoms with van der Waals surface area (Å²) in [5.41, 5.74) is 0.252. The molecule has 0 aromatic carbocycles. The highest BCUT2D eigenvalue weighted by atomic mass is 79.9. The average Bonchev–Trinajstić information content (AvgIpc) is 2.29. The van der Waals surface area contributed by atoms with E-state index in [-0.39, 0.29) is 11.6 Å². The molecular formula is C11H14BrFN2O. The summed E-state index contributed by atoms with van der Waals surface area (Å²) >= 11 is 3.34. The Labute approximate surface area is 103 Å². The molecule has 1 N–H and O–H groups in total. The summed E-state index contributed by atoms with van der Waals surface area (Å²) in [5.74, 6) is -0.687. The van der Waals surface area contributed by atoms with E-state index < -0.39 is 5.82 Å². The van der Waals surface area contributed by atoms with E-state index in [4.69, 9.17) is 0 Å². The molecule has 16 heavy (non-hydrogen) atoms. The molecule has 0 fully saturated rings. The molecule has 0 radical (unpaired) electrons. The van der Waals surface area contributed by atoms with Crippen LogP contribution in [0.15, 0.2) is 18.3 Å². The van der Waals surface area contributed by atoms with Gasteiger partial charge in [-0.2, -0.15) is 0 Å². The van der Waals surface area contributed by atoms with Gasteiger partial charge < -0.3 is 5.32 Å². The largest absolute Gasteiger partial charge is 0.351 e. The molecule has 0 spiro atoms. The van der Waals surface area contributed by atoms with Gasteiger partial charge in [0.15, 0.2) is 0 Å². The number of carbonyl (C=O) groups is 1. The summed E-state index contributed by atoms with van der Waals surface area (Å²) in [6, 6.07) is 2.61. The van der Waals surface area contributed by atoms with Crippen LogP contribution in [0.5, 0.6) is 0 Å². The van der Waals surface area contributed by atoms with E-state index >= 15 is 0 Å². The summed E-state index contributed by atoms with van der Waals surface area (Å²) in [4.78, 5) is 15.2. The molecule has 0 saturated heterocycles. The van der Waals surface area contributed by atoms with Crippen LogP contribution in [0.3, 0.4) is 0 Å². The minimum Gasteiger partial charge on any atom is -0.351 e. The van der Waals surface area contributed by atoms with Crippen molar-refractivity contribution in [2.75, 3.05) is 11.9 Å². The maximum Gasteiger partial charge on any atom is 0.269 e. The number of carbonyl (C=O) groups excluding carboxylic acids is 1. The fraction of sp³-hybridized carbons (Fsp3) is 0.455. The second kappa shape index (κ2) is 7.33. The number of unbranched alkanes of at least 4 members (excludes halogenated alkanes) is 2. The molecule has 0 atom stereocenters. The van der Waals surface area contributed by atoms with Crippen LogP contribution in [0, 0.1) is 5.82 Å². The predicted molar refractivity (Wildman–Crippen MR) is 64.2 cm³/mol.